The van der Waals surface area contributed by atoms with Crippen molar-refractivity contribution in [3.05, 3.63) is 181 Å². The van der Waals surface area contributed by atoms with E-state index in [-0.39, 0.29) is 54.1 Å². The van der Waals surface area contributed by atoms with Gasteiger partial charge in [0.05, 0.1) is 49.6 Å². The lowest BCUT2D eigenvalue weighted by molar-refractivity contribution is -0.302. The van der Waals surface area contributed by atoms with Crippen molar-refractivity contribution < 1.29 is 49.5 Å². The van der Waals surface area contributed by atoms with Crippen LogP contribution in [0.1, 0.15) is 66.0 Å². The van der Waals surface area contributed by atoms with Gasteiger partial charge < -0.3 is 30.3 Å². The summed E-state index contributed by atoms with van der Waals surface area (Å²) in [7, 11) is 0. The maximum atomic E-state index is 13.5. The molecule has 3 fully saturated rings. The van der Waals surface area contributed by atoms with E-state index in [1.165, 1.54) is 39.3 Å². The second-order valence-corrected chi connectivity index (χ2v) is 22.6. The van der Waals surface area contributed by atoms with Gasteiger partial charge in [0.1, 0.15) is 48.1 Å². The van der Waals surface area contributed by atoms with E-state index in [9.17, 15) is 39.6 Å². The maximum Gasteiger partial charge on any atom is 0.315 e. The van der Waals surface area contributed by atoms with Crippen LogP contribution >= 0.6 is 46.2 Å². The molecule has 15 nitrogen and oxygen atoms in total. The number of nitrogens with zero attached hydrogens (tertiary/aromatic N) is 5. The Morgan fingerprint density at radius 1 is 0.539 bits per heavy atom. The Hall–Kier alpha value is -7.58. The minimum Gasteiger partial charge on any atom is -0.550 e. The summed E-state index contributed by atoms with van der Waals surface area (Å²) in [4.78, 5) is 61.0. The van der Waals surface area contributed by atoms with Crippen molar-refractivity contribution in [3.63, 3.8) is 0 Å². The molecule has 0 aliphatic carbocycles. The zero-order valence-electron chi connectivity index (χ0n) is 41.9. The van der Waals surface area contributed by atoms with Gasteiger partial charge in [-0.15, -0.1) is 0 Å². The van der Waals surface area contributed by atoms with E-state index < -0.39 is 17.8 Å². The summed E-state index contributed by atoms with van der Waals surface area (Å²) in [6.07, 6.45) is 3.73. The predicted octanol–water partition coefficient (Wildman–Crippen LogP) is 8.56. The zero-order chi connectivity index (χ0) is 54.0. The number of phenols is 4. The number of phenolic OH excluding ortho intramolecular Hbond substituents is 4. The van der Waals surface area contributed by atoms with E-state index in [1.54, 1.807) is 45.7 Å². The zero-order valence-corrected chi connectivity index (χ0v) is 45.1. The number of aliphatic carboxylic acids is 1. The van der Waals surface area contributed by atoms with Crippen LogP contribution < -0.4 is 13.7 Å². The molecule has 0 atom stereocenters. The third-order valence-corrected chi connectivity index (χ3v) is 17.7. The summed E-state index contributed by atoms with van der Waals surface area (Å²) in [5.41, 5.74) is 5.17. The Bertz CT molecular complexity index is 3260. The molecule has 0 radical (unpaired) electrons. The quantitative estimate of drug-likeness (QED) is 0.0372. The fraction of sp³-hybridized carbons (Fsp3) is 0.228. The first-order valence-electron chi connectivity index (χ1n) is 24.3. The summed E-state index contributed by atoms with van der Waals surface area (Å²) in [5.74, 6) is -1.47. The number of hydrazine groups is 2. The fourth-order valence-electron chi connectivity index (χ4n) is 8.59. The van der Waals surface area contributed by atoms with E-state index in [2.05, 4.69) is 4.58 Å². The van der Waals surface area contributed by atoms with Crippen LogP contribution in [0.5, 0.6) is 23.0 Å². The number of carboxylic acid groups (broad SMARTS) is 1. The third kappa shape index (κ3) is 12.9. The number of carbonyl (C=O) groups excluding carboxylic acids is 5. The van der Waals surface area contributed by atoms with E-state index >= 15 is 0 Å². The molecule has 6 aromatic carbocycles. The van der Waals surface area contributed by atoms with Gasteiger partial charge in [0, 0.05) is 18.8 Å². The second-order valence-electron chi connectivity index (χ2n) is 18.1. The molecule has 0 spiro atoms. The van der Waals surface area contributed by atoms with Gasteiger partial charge in [-0.1, -0.05) is 168 Å². The van der Waals surface area contributed by atoms with Crippen LogP contribution in [-0.2, 0) is 50.2 Å². The highest BCUT2D eigenvalue weighted by molar-refractivity contribution is 8.25. The maximum absolute atomic E-state index is 13.5. The first kappa shape index (κ1) is 54.7. The lowest BCUT2D eigenvalue weighted by Crippen LogP contribution is -2.39. The van der Waals surface area contributed by atoms with Gasteiger partial charge in [-0.3, -0.25) is 19.2 Å². The van der Waals surface area contributed by atoms with Crippen LogP contribution in [0.3, 0.4) is 0 Å². The van der Waals surface area contributed by atoms with Gasteiger partial charge in [-0.25, -0.2) is 24.6 Å². The van der Waals surface area contributed by atoms with Crippen molar-refractivity contribution in [1.82, 2.24) is 24.6 Å². The molecule has 3 saturated heterocycles. The van der Waals surface area contributed by atoms with E-state index in [1.807, 2.05) is 128 Å². The summed E-state index contributed by atoms with van der Waals surface area (Å²) in [6.45, 7) is 8.03. The number of hydrogen-bond acceptors (Lipinski definition) is 14. The minimum absolute atomic E-state index is 0.0218. The van der Waals surface area contributed by atoms with Gasteiger partial charge in [0.2, 0.25) is 0 Å². The van der Waals surface area contributed by atoms with Gasteiger partial charge in [-0.2, -0.15) is 0 Å². The molecule has 4 aliphatic rings. The number of carbonyl (C=O) groups is 5. The summed E-state index contributed by atoms with van der Waals surface area (Å²) < 4.78 is 5.65. The van der Waals surface area contributed by atoms with Crippen LogP contribution in [0.25, 0.3) is 9.40 Å². The first-order chi connectivity index (χ1) is 36.6. The number of thioether (sulfide) groups is 2. The number of piperidine rings is 1. The number of aromatic hydroxyl groups is 4. The van der Waals surface area contributed by atoms with Crippen LogP contribution in [0.4, 0.5) is 0 Å². The highest BCUT2D eigenvalue weighted by Gasteiger charge is 2.45. The Labute approximate surface area is 455 Å². The fourth-order valence-corrected chi connectivity index (χ4v) is 13.9. The molecule has 4 aliphatic heterocycles. The molecule has 1 aromatic heterocycles. The van der Waals surface area contributed by atoms with Crippen molar-refractivity contribution in [2.75, 3.05) is 13.1 Å². The normalized spacial score (nSPS) is 15.1. The average molecular weight is 1100 g/mol. The van der Waals surface area contributed by atoms with Crippen molar-refractivity contribution in [3.8, 4) is 23.0 Å². The van der Waals surface area contributed by atoms with Crippen molar-refractivity contribution in [2.45, 2.75) is 82.4 Å². The Morgan fingerprint density at radius 2 is 0.921 bits per heavy atom. The highest BCUT2D eigenvalue weighted by atomic mass is 32.2. The number of fused-ring (bicyclic) bond motifs is 2. The van der Waals surface area contributed by atoms with Crippen LogP contribution in [0.15, 0.2) is 153 Å². The van der Waals surface area contributed by atoms with E-state index in [0.717, 1.165) is 80.8 Å². The Kier molecular flexibility index (Phi) is 17.9. The first-order valence-corrected chi connectivity index (χ1v) is 27.6. The molecule has 5 heterocycles. The topological polar surface area (TPSA) is 205 Å². The van der Waals surface area contributed by atoms with Gasteiger partial charge >= 0.3 is 3.98 Å². The largest absolute Gasteiger partial charge is 0.550 e. The average Bonchev–Trinajstić information content (AvgIpc) is 4.26. The predicted molar refractivity (Wildman–Crippen MR) is 293 cm³/mol. The lowest BCUT2D eigenvalue weighted by atomic mass is 10.2. The molecule has 0 bridgehead atoms. The number of amides is 4. The van der Waals surface area contributed by atoms with Crippen molar-refractivity contribution in [1.29, 1.82) is 0 Å². The Morgan fingerprint density at radius 3 is 1.37 bits per heavy atom. The molecular formula is C57H55N5O10S4. The number of rotatable bonds is 8. The highest BCUT2D eigenvalue weighted by Crippen LogP contribution is 2.60. The van der Waals surface area contributed by atoms with Crippen LogP contribution in [-0.4, -0.2) is 83.1 Å². The number of hydrogen-bond donors (Lipinski definition) is 4. The molecule has 19 heteroatoms. The molecule has 4 N–H and O–H groups in total. The smallest absolute Gasteiger partial charge is 0.315 e. The summed E-state index contributed by atoms with van der Waals surface area (Å²) in [5, 5.41) is 55.8. The van der Waals surface area contributed by atoms with E-state index in [0.29, 0.717) is 38.4 Å². The van der Waals surface area contributed by atoms with Crippen LogP contribution in [0.2, 0.25) is 0 Å². The van der Waals surface area contributed by atoms with Gasteiger partial charge in [0.25, 0.3) is 23.6 Å². The molecule has 7 aromatic rings. The lowest BCUT2D eigenvalue weighted by Gasteiger charge is -2.28. The molecule has 0 saturated carbocycles. The number of benzene rings is 6. The molecule has 4 amide bonds. The van der Waals surface area contributed by atoms with Crippen LogP contribution in [0, 0.1) is 13.8 Å². The van der Waals surface area contributed by atoms with Crippen molar-refractivity contribution in [2.24, 2.45) is 0 Å². The standard InChI is InChI=1S/C25H20N2O4S2.C17H16N2O2.C13H15NO2S2.C2H4O2/c1-15-12-18(28)21-22(20(15)29)33-25(32-21)19-23(30)26(13-16-8-4-2-5-9-16)27(24(19)31)14-17-10-6-3-7-11-17;20-16-11-17(21)19(13-15-9-5-2-6-10-15)18(16)12-14-7-3-1-4-8-14;1-8-7-9(15)11-12(10(8)16)18-13(17-11)14-5-3-2-4-6-14;1-2(3)4/h2-12,28-29H,13-14H2,1H3;1-10H,11-13H2;7H,2-6H2,1H3,(H-,15,16);1H3,(H,3,4). The molecule has 392 valence electrons. The van der Waals surface area contributed by atoms with Gasteiger partial charge in [0.15, 0.2) is 0 Å². The SMILES string of the molecule is CC(=O)[O-].Cc1cc(O)c2c(c1O)SC(=C1C(=O)N(Cc3ccccc3)N(Cc3ccccc3)C1=O)S2.Cc1cc(O)c2sc(=[N+]3CCCCC3)sc2c1O.O=C1CC(=O)N(Cc2ccccc2)N1Cc1ccccc1. The second kappa shape index (κ2) is 24.8. The summed E-state index contributed by atoms with van der Waals surface area (Å²) in [6, 6.07) is 41.6. The molecular weight excluding hydrogens is 1040 g/mol. The third-order valence-electron chi connectivity index (χ3n) is 12.4. The minimum atomic E-state index is -1.08. The number of carboxylic acids is 1. The molecule has 0 unspecified atom stereocenters. The molecule has 11 rings (SSSR count). The van der Waals surface area contributed by atoms with Crippen molar-refractivity contribution >= 4 is 85.2 Å². The summed E-state index contributed by atoms with van der Waals surface area (Å²) >= 11 is 5.48. The number of aryl methyl sites for hydroxylation is 2. The van der Waals surface area contributed by atoms with E-state index in [4.69, 9.17) is 9.90 Å². The molecule has 76 heavy (non-hydrogen) atoms. The Balaban J connectivity index is 0.000000154. The van der Waals surface area contributed by atoms with Gasteiger partial charge in [-0.05, 0) is 72.7 Å². The monoisotopic (exact) mass is 1100 g/mol.